The summed E-state index contributed by atoms with van der Waals surface area (Å²) in [5.74, 6) is -1.27. The van der Waals surface area contributed by atoms with Crippen LogP contribution in [-0.4, -0.2) is 44.4 Å². The van der Waals surface area contributed by atoms with Gasteiger partial charge in [0.2, 0.25) is 0 Å². The summed E-state index contributed by atoms with van der Waals surface area (Å²) >= 11 is 0. The molecule has 0 aliphatic heterocycles. The van der Waals surface area contributed by atoms with Gasteiger partial charge < -0.3 is 19.3 Å². The van der Waals surface area contributed by atoms with Crippen LogP contribution >= 0.6 is 0 Å². The summed E-state index contributed by atoms with van der Waals surface area (Å²) in [4.78, 5) is 27.3. The second kappa shape index (κ2) is 9.91. The lowest BCUT2D eigenvalue weighted by Crippen LogP contribution is -2.30. The molecule has 0 spiro atoms. The number of fused-ring (bicyclic) bond motifs is 3. The van der Waals surface area contributed by atoms with E-state index in [0.717, 1.165) is 22.3 Å². The number of nitrogens with zero attached hydrogens (tertiary/aromatic N) is 1. The van der Waals surface area contributed by atoms with Crippen LogP contribution in [0.3, 0.4) is 0 Å². The van der Waals surface area contributed by atoms with Gasteiger partial charge in [-0.05, 0) is 35.6 Å². The van der Waals surface area contributed by atoms with Crippen LogP contribution < -0.4 is 5.11 Å². The summed E-state index contributed by atoms with van der Waals surface area (Å²) in [6.45, 7) is 2.03. The first-order valence-electron chi connectivity index (χ1n) is 9.84. The van der Waals surface area contributed by atoms with Gasteiger partial charge in [0.05, 0.1) is 13.7 Å². The summed E-state index contributed by atoms with van der Waals surface area (Å²) in [6.07, 6.45) is -0.903. The van der Waals surface area contributed by atoms with E-state index in [9.17, 15) is 14.7 Å². The van der Waals surface area contributed by atoms with Crippen LogP contribution in [0.2, 0.25) is 0 Å². The maximum atomic E-state index is 12.3. The SMILES string of the molecule is CCOC(=O)CCC(N=C([O-])OCC1c2ccccc2-c2ccccc21)C(=O)OC. The van der Waals surface area contributed by atoms with Crippen LogP contribution in [0.5, 0.6) is 0 Å². The number of esters is 2. The maximum Gasteiger partial charge on any atom is 0.330 e. The Morgan fingerprint density at radius 2 is 1.63 bits per heavy atom. The van der Waals surface area contributed by atoms with E-state index in [1.165, 1.54) is 7.11 Å². The monoisotopic (exact) mass is 410 g/mol. The van der Waals surface area contributed by atoms with Crippen LogP contribution in [0.4, 0.5) is 0 Å². The van der Waals surface area contributed by atoms with Crippen LogP contribution in [0.1, 0.15) is 36.8 Å². The summed E-state index contributed by atoms with van der Waals surface area (Å²) < 4.78 is 14.9. The van der Waals surface area contributed by atoms with Crippen molar-refractivity contribution >= 4 is 18.0 Å². The molecule has 1 unspecified atom stereocenters. The van der Waals surface area contributed by atoms with E-state index in [4.69, 9.17) is 9.47 Å². The lowest BCUT2D eigenvalue weighted by molar-refractivity contribution is -0.251. The van der Waals surface area contributed by atoms with Crippen molar-refractivity contribution < 1.29 is 28.9 Å². The molecule has 0 saturated carbocycles. The quantitative estimate of drug-likeness (QED) is 0.377. The second-order valence-corrected chi connectivity index (χ2v) is 6.82. The van der Waals surface area contributed by atoms with Gasteiger partial charge in [0, 0.05) is 18.9 Å². The number of rotatable bonds is 8. The number of ether oxygens (including phenoxy) is 3. The molecule has 0 bridgehead atoms. The first-order chi connectivity index (χ1) is 14.5. The fourth-order valence-corrected chi connectivity index (χ4v) is 3.62. The smallest absolute Gasteiger partial charge is 0.330 e. The number of hydrogen-bond donors (Lipinski definition) is 0. The van der Waals surface area contributed by atoms with Crippen molar-refractivity contribution in [3.63, 3.8) is 0 Å². The van der Waals surface area contributed by atoms with E-state index in [1.54, 1.807) is 6.92 Å². The van der Waals surface area contributed by atoms with Gasteiger partial charge in [0.1, 0.15) is 12.1 Å². The fraction of sp³-hybridized carbons (Fsp3) is 0.348. The molecule has 0 saturated heterocycles. The molecule has 1 aliphatic carbocycles. The number of benzene rings is 2. The Balaban J connectivity index is 1.70. The molecule has 0 aromatic heterocycles. The molecule has 2 aromatic carbocycles. The van der Waals surface area contributed by atoms with Gasteiger partial charge in [0.15, 0.2) is 0 Å². The summed E-state index contributed by atoms with van der Waals surface area (Å²) in [5.41, 5.74) is 4.40. The Morgan fingerprint density at radius 3 is 2.20 bits per heavy atom. The predicted molar refractivity (Wildman–Crippen MR) is 109 cm³/mol. The van der Waals surface area contributed by atoms with Gasteiger partial charge in [-0.15, -0.1) is 0 Å². The molecular formula is C23H24NO6-. The molecule has 1 aliphatic rings. The Hall–Kier alpha value is -3.35. The normalized spacial score (nSPS) is 13.9. The van der Waals surface area contributed by atoms with Crippen molar-refractivity contribution in [3.8, 4) is 11.1 Å². The molecule has 1 atom stereocenters. The first-order valence-corrected chi connectivity index (χ1v) is 9.84. The minimum Gasteiger partial charge on any atom is -0.599 e. The summed E-state index contributed by atoms with van der Waals surface area (Å²) in [5, 5.41) is 12.3. The molecule has 30 heavy (non-hydrogen) atoms. The van der Waals surface area contributed by atoms with Crippen LogP contribution in [0.25, 0.3) is 11.1 Å². The van der Waals surface area contributed by atoms with Gasteiger partial charge in [0.25, 0.3) is 0 Å². The highest BCUT2D eigenvalue weighted by atomic mass is 16.6. The zero-order chi connectivity index (χ0) is 21.5. The van der Waals surface area contributed by atoms with Crippen LogP contribution in [0.15, 0.2) is 53.5 Å². The van der Waals surface area contributed by atoms with Crippen molar-refractivity contribution in [2.75, 3.05) is 20.3 Å². The van der Waals surface area contributed by atoms with Crippen LogP contribution in [-0.2, 0) is 23.8 Å². The number of methoxy groups -OCH3 is 1. The molecule has 0 fully saturated rings. The molecule has 0 N–H and O–H groups in total. The minimum absolute atomic E-state index is 0.00963. The number of hydrogen-bond acceptors (Lipinski definition) is 7. The highest BCUT2D eigenvalue weighted by Gasteiger charge is 2.27. The zero-order valence-electron chi connectivity index (χ0n) is 17.0. The largest absolute Gasteiger partial charge is 0.599 e. The van der Waals surface area contributed by atoms with E-state index < -0.39 is 24.1 Å². The third-order valence-corrected chi connectivity index (χ3v) is 5.00. The average molecular weight is 410 g/mol. The maximum absolute atomic E-state index is 12.3. The Morgan fingerprint density at radius 1 is 1.03 bits per heavy atom. The molecule has 0 radical (unpaired) electrons. The molecular weight excluding hydrogens is 386 g/mol. The predicted octanol–water partition coefficient (Wildman–Crippen LogP) is 2.42. The number of aliphatic imine (C=N–C) groups is 1. The standard InChI is InChI=1S/C23H25NO6/c1-3-29-21(25)13-12-20(22(26)28-2)24-23(27)30-14-19-17-10-6-4-8-15(17)16-9-5-7-11-18(16)19/h4-11,19-20H,3,12-14H2,1-2H3,(H,24,27)/p-1. The fourth-order valence-electron chi connectivity index (χ4n) is 3.62. The molecule has 3 rings (SSSR count). The lowest BCUT2D eigenvalue weighted by Gasteiger charge is -2.22. The summed E-state index contributed by atoms with van der Waals surface area (Å²) in [6, 6.07) is 14.9. The molecule has 7 nitrogen and oxygen atoms in total. The number of carbonyl (C=O) groups excluding carboxylic acids is 2. The van der Waals surface area contributed by atoms with E-state index in [1.807, 2.05) is 48.5 Å². The highest BCUT2D eigenvalue weighted by molar-refractivity contribution is 5.80. The Bertz CT molecular complexity index is 893. The van der Waals surface area contributed by atoms with Crippen molar-refractivity contribution in [2.24, 2.45) is 4.99 Å². The zero-order valence-corrected chi connectivity index (χ0v) is 17.0. The van der Waals surface area contributed by atoms with E-state index in [2.05, 4.69) is 9.73 Å². The van der Waals surface area contributed by atoms with Gasteiger partial charge in [-0.3, -0.25) is 9.79 Å². The molecule has 2 aromatic rings. The van der Waals surface area contributed by atoms with Gasteiger partial charge in [-0.2, -0.15) is 0 Å². The van der Waals surface area contributed by atoms with Crippen molar-refractivity contribution in [3.05, 3.63) is 59.7 Å². The Kier molecular flexibility index (Phi) is 7.06. The van der Waals surface area contributed by atoms with Crippen molar-refractivity contribution in [2.45, 2.75) is 31.7 Å². The van der Waals surface area contributed by atoms with E-state index >= 15 is 0 Å². The van der Waals surface area contributed by atoms with E-state index in [0.29, 0.717) is 0 Å². The van der Waals surface area contributed by atoms with Crippen molar-refractivity contribution in [1.29, 1.82) is 0 Å². The van der Waals surface area contributed by atoms with Gasteiger partial charge >= 0.3 is 11.9 Å². The highest BCUT2D eigenvalue weighted by Crippen LogP contribution is 2.44. The summed E-state index contributed by atoms with van der Waals surface area (Å²) in [7, 11) is 1.20. The molecule has 158 valence electrons. The lowest BCUT2D eigenvalue weighted by atomic mass is 9.98. The Labute approximate surface area is 175 Å². The van der Waals surface area contributed by atoms with Crippen LogP contribution in [0, 0.1) is 0 Å². The number of carbonyl (C=O) groups is 2. The third-order valence-electron chi connectivity index (χ3n) is 5.00. The minimum atomic E-state index is -1.12. The first kappa shape index (κ1) is 21.4. The van der Waals surface area contributed by atoms with E-state index in [-0.39, 0.29) is 32.0 Å². The molecule has 0 amide bonds. The molecule has 7 heteroatoms. The average Bonchev–Trinajstić information content (AvgIpc) is 3.08. The molecule has 0 heterocycles. The van der Waals surface area contributed by atoms with Crippen molar-refractivity contribution in [1.82, 2.24) is 0 Å². The van der Waals surface area contributed by atoms with Gasteiger partial charge in [-0.1, -0.05) is 48.5 Å². The second-order valence-electron chi connectivity index (χ2n) is 6.82. The topological polar surface area (TPSA) is 97.3 Å². The third kappa shape index (κ3) is 4.79. The van der Waals surface area contributed by atoms with Gasteiger partial charge in [-0.25, -0.2) is 4.79 Å².